The maximum Gasteiger partial charge on any atom is 0.253 e. The summed E-state index contributed by atoms with van der Waals surface area (Å²) in [4.78, 5) is 38.2. The summed E-state index contributed by atoms with van der Waals surface area (Å²) < 4.78 is 5.90. The van der Waals surface area contributed by atoms with E-state index in [0.29, 0.717) is 48.2 Å². The highest BCUT2D eigenvalue weighted by Crippen LogP contribution is 2.24. The maximum atomic E-state index is 12.7. The van der Waals surface area contributed by atoms with Crippen molar-refractivity contribution in [3.8, 4) is 11.3 Å². The number of nitrogens with two attached hydrogens (primary N) is 1. The first-order valence-electron chi connectivity index (χ1n) is 9.66. The predicted molar refractivity (Wildman–Crippen MR) is 110 cm³/mol. The molecule has 4 rings (SSSR count). The number of hydrogen-bond donors (Lipinski definition) is 1. The van der Waals surface area contributed by atoms with Gasteiger partial charge in [0, 0.05) is 36.2 Å². The van der Waals surface area contributed by atoms with E-state index in [1.54, 1.807) is 35.2 Å². The first-order chi connectivity index (χ1) is 13.9. The van der Waals surface area contributed by atoms with Gasteiger partial charge in [0.05, 0.1) is 5.39 Å². The molecule has 0 atom stereocenters. The number of carbonyl (C=O) groups is 2. The zero-order valence-electron chi connectivity index (χ0n) is 16.2. The van der Waals surface area contributed by atoms with Gasteiger partial charge in [-0.1, -0.05) is 23.8 Å². The van der Waals surface area contributed by atoms with Gasteiger partial charge in [0.1, 0.15) is 11.3 Å². The molecule has 0 saturated carbocycles. The molecule has 1 fully saturated rings. The second-order valence-electron chi connectivity index (χ2n) is 7.52. The van der Waals surface area contributed by atoms with Crippen LogP contribution in [0.4, 0.5) is 0 Å². The molecular weight excluding hydrogens is 368 g/mol. The molecule has 6 nitrogen and oxygen atoms in total. The number of amides is 2. The lowest BCUT2D eigenvalue weighted by molar-refractivity contribution is -0.123. The number of primary amides is 1. The molecular formula is C23H22N2O4. The van der Waals surface area contributed by atoms with Crippen molar-refractivity contribution in [2.75, 3.05) is 13.1 Å². The van der Waals surface area contributed by atoms with Crippen LogP contribution < -0.4 is 11.2 Å². The Hall–Kier alpha value is -3.41. The van der Waals surface area contributed by atoms with Crippen LogP contribution in [0.5, 0.6) is 0 Å². The zero-order valence-corrected chi connectivity index (χ0v) is 16.2. The molecule has 6 heteroatoms. The number of nitrogens with zero attached hydrogens (tertiary/aromatic N) is 1. The van der Waals surface area contributed by atoms with Crippen molar-refractivity contribution in [3.05, 3.63) is 69.9 Å². The highest BCUT2D eigenvalue weighted by molar-refractivity contribution is 5.95. The van der Waals surface area contributed by atoms with Crippen molar-refractivity contribution in [2.45, 2.75) is 19.8 Å². The van der Waals surface area contributed by atoms with E-state index >= 15 is 0 Å². The summed E-state index contributed by atoms with van der Waals surface area (Å²) >= 11 is 0. The maximum absolute atomic E-state index is 12.7. The smallest absolute Gasteiger partial charge is 0.253 e. The van der Waals surface area contributed by atoms with E-state index in [2.05, 4.69) is 0 Å². The van der Waals surface area contributed by atoms with Crippen LogP contribution in [0, 0.1) is 12.8 Å². The SMILES string of the molecule is Cc1ccc2oc(-c3ccc(C(=O)N4CCC(C(N)=O)CC4)cc3)cc(=O)c2c1. The van der Waals surface area contributed by atoms with E-state index in [4.69, 9.17) is 10.2 Å². The standard InChI is InChI=1S/C23H22N2O4/c1-14-2-7-20-18(12-14)19(26)13-21(29-20)15-3-5-17(6-4-15)23(28)25-10-8-16(9-11-25)22(24)27/h2-7,12-13,16H,8-11H2,1H3,(H2,24,27). The van der Waals surface area contributed by atoms with Gasteiger partial charge in [0.2, 0.25) is 5.91 Å². The first-order valence-corrected chi connectivity index (χ1v) is 9.66. The van der Waals surface area contributed by atoms with E-state index < -0.39 is 0 Å². The summed E-state index contributed by atoms with van der Waals surface area (Å²) in [5.41, 5.74) is 8.08. The van der Waals surface area contributed by atoms with Crippen LogP contribution in [0.3, 0.4) is 0 Å². The lowest BCUT2D eigenvalue weighted by Crippen LogP contribution is -2.41. The average Bonchev–Trinajstić information content (AvgIpc) is 2.74. The Kier molecular flexibility index (Phi) is 4.92. The molecule has 0 aliphatic carbocycles. The molecule has 2 N–H and O–H groups in total. The number of carbonyl (C=O) groups excluding carboxylic acids is 2. The fourth-order valence-electron chi connectivity index (χ4n) is 3.74. The Balaban J connectivity index is 1.54. The molecule has 1 aliphatic heterocycles. The van der Waals surface area contributed by atoms with Gasteiger partial charge in [-0.3, -0.25) is 14.4 Å². The van der Waals surface area contributed by atoms with Crippen LogP contribution in [0.1, 0.15) is 28.8 Å². The normalized spacial score (nSPS) is 14.9. The molecule has 0 bridgehead atoms. The summed E-state index contributed by atoms with van der Waals surface area (Å²) in [7, 11) is 0. The number of likely N-dealkylation sites (tertiary alicyclic amines) is 1. The van der Waals surface area contributed by atoms with Gasteiger partial charge in [0.15, 0.2) is 5.43 Å². The molecule has 0 radical (unpaired) electrons. The van der Waals surface area contributed by atoms with Crippen LogP contribution in [0.15, 0.2) is 57.7 Å². The Morgan fingerprint density at radius 3 is 2.38 bits per heavy atom. The minimum Gasteiger partial charge on any atom is -0.456 e. The van der Waals surface area contributed by atoms with E-state index in [9.17, 15) is 14.4 Å². The number of rotatable bonds is 3. The van der Waals surface area contributed by atoms with Crippen molar-refractivity contribution in [1.29, 1.82) is 0 Å². The van der Waals surface area contributed by atoms with Crippen molar-refractivity contribution < 1.29 is 14.0 Å². The Bertz CT molecular complexity index is 1140. The molecule has 2 heterocycles. The van der Waals surface area contributed by atoms with Crippen LogP contribution in [-0.4, -0.2) is 29.8 Å². The third-order valence-corrected chi connectivity index (χ3v) is 5.48. The Morgan fingerprint density at radius 1 is 1.03 bits per heavy atom. The molecule has 148 valence electrons. The third-order valence-electron chi connectivity index (χ3n) is 5.48. The van der Waals surface area contributed by atoms with Gasteiger partial charge >= 0.3 is 0 Å². The van der Waals surface area contributed by atoms with E-state index in [1.807, 2.05) is 19.1 Å². The van der Waals surface area contributed by atoms with Gasteiger partial charge in [-0.2, -0.15) is 0 Å². The number of benzene rings is 2. The topological polar surface area (TPSA) is 93.6 Å². The summed E-state index contributed by atoms with van der Waals surface area (Å²) in [5, 5.41) is 0.555. The third kappa shape index (κ3) is 3.78. The fourth-order valence-corrected chi connectivity index (χ4v) is 3.74. The summed E-state index contributed by atoms with van der Waals surface area (Å²) in [6, 6.07) is 14.0. The second-order valence-corrected chi connectivity index (χ2v) is 7.52. The van der Waals surface area contributed by atoms with Gasteiger partial charge in [-0.25, -0.2) is 0 Å². The van der Waals surface area contributed by atoms with Crippen molar-refractivity contribution in [1.82, 2.24) is 4.90 Å². The number of fused-ring (bicyclic) bond motifs is 1. The largest absolute Gasteiger partial charge is 0.456 e. The van der Waals surface area contributed by atoms with Crippen LogP contribution in [0.2, 0.25) is 0 Å². The summed E-state index contributed by atoms with van der Waals surface area (Å²) in [6.07, 6.45) is 1.20. The van der Waals surface area contributed by atoms with Crippen LogP contribution in [0.25, 0.3) is 22.3 Å². The fraction of sp³-hybridized carbons (Fsp3) is 0.261. The first kappa shape index (κ1) is 18.9. The van der Waals surface area contributed by atoms with E-state index in [-0.39, 0.29) is 23.2 Å². The van der Waals surface area contributed by atoms with Crippen molar-refractivity contribution in [2.24, 2.45) is 11.7 Å². The highest BCUT2D eigenvalue weighted by Gasteiger charge is 2.26. The van der Waals surface area contributed by atoms with Crippen molar-refractivity contribution >= 4 is 22.8 Å². The molecule has 1 aliphatic rings. The monoisotopic (exact) mass is 390 g/mol. The van der Waals surface area contributed by atoms with Gasteiger partial charge < -0.3 is 15.1 Å². The number of piperidine rings is 1. The minimum atomic E-state index is -0.298. The summed E-state index contributed by atoms with van der Waals surface area (Å²) in [6.45, 7) is 2.97. The van der Waals surface area contributed by atoms with Gasteiger partial charge in [0.25, 0.3) is 5.91 Å². The molecule has 2 aromatic carbocycles. The van der Waals surface area contributed by atoms with E-state index in [1.165, 1.54) is 6.07 Å². The molecule has 29 heavy (non-hydrogen) atoms. The molecule has 2 amide bonds. The second kappa shape index (κ2) is 7.54. The Morgan fingerprint density at radius 2 is 1.72 bits per heavy atom. The minimum absolute atomic E-state index is 0.0742. The molecule has 3 aromatic rings. The number of aryl methyl sites for hydroxylation is 1. The van der Waals surface area contributed by atoms with Gasteiger partial charge in [-0.05, 0) is 44.0 Å². The zero-order chi connectivity index (χ0) is 20.5. The predicted octanol–water partition coefficient (Wildman–Crippen LogP) is 3.11. The van der Waals surface area contributed by atoms with Crippen molar-refractivity contribution in [3.63, 3.8) is 0 Å². The lowest BCUT2D eigenvalue weighted by atomic mass is 9.96. The van der Waals surface area contributed by atoms with E-state index in [0.717, 1.165) is 11.1 Å². The van der Waals surface area contributed by atoms with Crippen LogP contribution in [-0.2, 0) is 4.79 Å². The quantitative estimate of drug-likeness (QED) is 0.744. The highest BCUT2D eigenvalue weighted by atomic mass is 16.3. The van der Waals surface area contributed by atoms with Crippen LogP contribution >= 0.6 is 0 Å². The Labute approximate surface area is 167 Å². The average molecular weight is 390 g/mol. The molecule has 1 saturated heterocycles. The van der Waals surface area contributed by atoms with Gasteiger partial charge in [-0.15, -0.1) is 0 Å². The molecule has 0 spiro atoms. The molecule has 1 aromatic heterocycles. The summed E-state index contributed by atoms with van der Waals surface area (Å²) in [5.74, 6) is -0.0583. The molecule has 0 unspecified atom stereocenters. The number of hydrogen-bond acceptors (Lipinski definition) is 4. The lowest BCUT2D eigenvalue weighted by Gasteiger charge is -2.30.